The fourth-order valence-corrected chi connectivity index (χ4v) is 3.19. The SMILES string of the molecule is CCNC1CCN(c2ccc(N3CCCC3)cc2)C1=O. The van der Waals surface area contributed by atoms with E-state index in [2.05, 4.69) is 34.5 Å². The number of benzene rings is 1. The molecular formula is C16H23N3O. The van der Waals surface area contributed by atoms with Crippen molar-refractivity contribution in [1.29, 1.82) is 0 Å². The Hall–Kier alpha value is -1.55. The zero-order valence-corrected chi connectivity index (χ0v) is 12.1. The van der Waals surface area contributed by atoms with Gasteiger partial charge in [0.25, 0.3) is 0 Å². The summed E-state index contributed by atoms with van der Waals surface area (Å²) in [4.78, 5) is 16.6. The van der Waals surface area contributed by atoms with E-state index >= 15 is 0 Å². The molecule has 20 heavy (non-hydrogen) atoms. The van der Waals surface area contributed by atoms with Gasteiger partial charge in [-0.2, -0.15) is 0 Å². The van der Waals surface area contributed by atoms with Crippen LogP contribution in [-0.4, -0.2) is 38.1 Å². The maximum Gasteiger partial charge on any atom is 0.244 e. The summed E-state index contributed by atoms with van der Waals surface area (Å²) in [7, 11) is 0. The minimum atomic E-state index is -0.00161. The molecule has 2 fully saturated rings. The first-order valence-corrected chi connectivity index (χ1v) is 7.69. The number of rotatable bonds is 4. The Morgan fingerprint density at radius 3 is 2.40 bits per heavy atom. The summed E-state index contributed by atoms with van der Waals surface area (Å²) in [5.41, 5.74) is 2.31. The average molecular weight is 273 g/mol. The number of carbonyl (C=O) groups excluding carboxylic acids is 1. The van der Waals surface area contributed by atoms with Crippen LogP contribution in [-0.2, 0) is 4.79 Å². The van der Waals surface area contributed by atoms with Gasteiger partial charge >= 0.3 is 0 Å². The summed E-state index contributed by atoms with van der Waals surface area (Å²) in [6, 6.07) is 8.46. The quantitative estimate of drug-likeness (QED) is 0.911. The van der Waals surface area contributed by atoms with E-state index < -0.39 is 0 Å². The molecule has 2 aliphatic heterocycles. The standard InChI is InChI=1S/C16H23N3O/c1-2-17-15-9-12-19(16(15)20)14-7-5-13(6-8-14)18-10-3-4-11-18/h5-8,15,17H,2-4,9-12H2,1H3. The molecule has 0 aliphatic carbocycles. The van der Waals surface area contributed by atoms with Crippen molar-refractivity contribution < 1.29 is 4.79 Å². The number of anilines is 2. The highest BCUT2D eigenvalue weighted by Crippen LogP contribution is 2.26. The van der Waals surface area contributed by atoms with Gasteiger partial charge in [-0.05, 0) is 50.1 Å². The van der Waals surface area contributed by atoms with Gasteiger partial charge in [-0.25, -0.2) is 0 Å². The van der Waals surface area contributed by atoms with Gasteiger partial charge in [0.1, 0.15) is 0 Å². The molecule has 0 aromatic heterocycles. The van der Waals surface area contributed by atoms with Gasteiger partial charge in [-0.1, -0.05) is 6.92 Å². The maximum absolute atomic E-state index is 12.3. The van der Waals surface area contributed by atoms with Crippen LogP contribution in [0.15, 0.2) is 24.3 Å². The van der Waals surface area contributed by atoms with Crippen molar-refractivity contribution in [2.45, 2.75) is 32.2 Å². The first kappa shape index (κ1) is 13.4. The Morgan fingerprint density at radius 2 is 1.75 bits per heavy atom. The number of amides is 1. The molecule has 1 unspecified atom stereocenters. The highest BCUT2D eigenvalue weighted by Gasteiger charge is 2.31. The van der Waals surface area contributed by atoms with Crippen LogP contribution in [0.3, 0.4) is 0 Å². The molecule has 0 spiro atoms. The van der Waals surface area contributed by atoms with Crippen molar-refractivity contribution >= 4 is 17.3 Å². The van der Waals surface area contributed by atoms with Crippen LogP contribution < -0.4 is 15.1 Å². The van der Waals surface area contributed by atoms with Gasteiger partial charge in [0, 0.05) is 31.0 Å². The smallest absolute Gasteiger partial charge is 0.244 e. The van der Waals surface area contributed by atoms with E-state index in [0.717, 1.165) is 38.3 Å². The molecule has 1 atom stereocenters. The van der Waals surface area contributed by atoms with E-state index in [4.69, 9.17) is 0 Å². The monoisotopic (exact) mass is 273 g/mol. The molecule has 3 rings (SSSR count). The Bertz CT molecular complexity index is 465. The summed E-state index contributed by atoms with van der Waals surface area (Å²) < 4.78 is 0. The van der Waals surface area contributed by atoms with Crippen molar-refractivity contribution in [3.8, 4) is 0 Å². The van der Waals surface area contributed by atoms with Gasteiger partial charge in [-0.3, -0.25) is 4.79 Å². The van der Waals surface area contributed by atoms with E-state index in [1.54, 1.807) is 0 Å². The molecule has 2 aliphatic rings. The van der Waals surface area contributed by atoms with Crippen LogP contribution in [0.1, 0.15) is 26.2 Å². The molecule has 4 nitrogen and oxygen atoms in total. The Balaban J connectivity index is 1.70. The second-order valence-electron chi connectivity index (χ2n) is 5.60. The third kappa shape index (κ3) is 2.52. The minimum Gasteiger partial charge on any atom is -0.372 e. The second kappa shape index (κ2) is 5.83. The highest BCUT2D eigenvalue weighted by atomic mass is 16.2. The number of likely N-dealkylation sites (N-methyl/N-ethyl adjacent to an activating group) is 1. The lowest BCUT2D eigenvalue weighted by Crippen LogP contribution is -2.38. The molecule has 0 bridgehead atoms. The highest BCUT2D eigenvalue weighted by molar-refractivity contribution is 5.99. The van der Waals surface area contributed by atoms with Gasteiger partial charge in [0.05, 0.1) is 6.04 Å². The third-order valence-corrected chi connectivity index (χ3v) is 4.29. The largest absolute Gasteiger partial charge is 0.372 e. The predicted octanol–water partition coefficient (Wildman–Crippen LogP) is 2.00. The summed E-state index contributed by atoms with van der Waals surface area (Å²) in [6.07, 6.45) is 3.48. The molecule has 1 aromatic carbocycles. The van der Waals surface area contributed by atoms with Crippen molar-refractivity contribution in [3.63, 3.8) is 0 Å². The van der Waals surface area contributed by atoms with Crippen LogP contribution in [0.25, 0.3) is 0 Å². The Morgan fingerprint density at radius 1 is 1.10 bits per heavy atom. The van der Waals surface area contributed by atoms with Gasteiger partial charge in [-0.15, -0.1) is 0 Å². The fourth-order valence-electron chi connectivity index (χ4n) is 3.19. The number of hydrogen-bond acceptors (Lipinski definition) is 3. The van der Waals surface area contributed by atoms with Gasteiger partial charge in [0.2, 0.25) is 5.91 Å². The van der Waals surface area contributed by atoms with Crippen LogP contribution in [0.2, 0.25) is 0 Å². The van der Waals surface area contributed by atoms with Crippen molar-refractivity contribution in [2.75, 3.05) is 36.0 Å². The molecule has 2 heterocycles. The van der Waals surface area contributed by atoms with Crippen LogP contribution in [0, 0.1) is 0 Å². The lowest BCUT2D eigenvalue weighted by Gasteiger charge is -2.21. The van der Waals surface area contributed by atoms with Crippen LogP contribution in [0.5, 0.6) is 0 Å². The number of nitrogens with one attached hydrogen (secondary N) is 1. The molecule has 1 N–H and O–H groups in total. The molecular weight excluding hydrogens is 250 g/mol. The average Bonchev–Trinajstić information content (AvgIpc) is 3.11. The van der Waals surface area contributed by atoms with E-state index in [-0.39, 0.29) is 11.9 Å². The van der Waals surface area contributed by atoms with Crippen molar-refractivity contribution in [1.82, 2.24) is 5.32 Å². The zero-order valence-electron chi connectivity index (χ0n) is 12.1. The maximum atomic E-state index is 12.3. The first-order chi connectivity index (χ1) is 9.79. The number of hydrogen-bond donors (Lipinski definition) is 1. The summed E-state index contributed by atoms with van der Waals surface area (Å²) in [5.74, 6) is 0.209. The first-order valence-electron chi connectivity index (χ1n) is 7.69. The van der Waals surface area contributed by atoms with E-state index in [0.29, 0.717) is 0 Å². The number of carbonyl (C=O) groups is 1. The fraction of sp³-hybridized carbons (Fsp3) is 0.562. The molecule has 4 heteroatoms. The molecule has 1 amide bonds. The van der Waals surface area contributed by atoms with Crippen LogP contribution in [0.4, 0.5) is 11.4 Å². The lowest BCUT2D eigenvalue weighted by molar-refractivity contribution is -0.118. The summed E-state index contributed by atoms with van der Waals surface area (Å²) in [5, 5.41) is 3.25. The summed E-state index contributed by atoms with van der Waals surface area (Å²) >= 11 is 0. The van der Waals surface area contributed by atoms with Gasteiger partial charge < -0.3 is 15.1 Å². The van der Waals surface area contributed by atoms with Gasteiger partial charge in [0.15, 0.2) is 0 Å². The van der Waals surface area contributed by atoms with E-state index in [1.165, 1.54) is 18.5 Å². The second-order valence-corrected chi connectivity index (χ2v) is 5.60. The Kier molecular flexibility index (Phi) is 3.92. The predicted molar refractivity (Wildman–Crippen MR) is 82.3 cm³/mol. The Labute approximate surface area is 120 Å². The normalized spacial score (nSPS) is 22.9. The molecule has 0 saturated carbocycles. The molecule has 0 radical (unpaired) electrons. The minimum absolute atomic E-state index is 0.00161. The third-order valence-electron chi connectivity index (χ3n) is 4.29. The van der Waals surface area contributed by atoms with Crippen LogP contribution >= 0.6 is 0 Å². The molecule has 108 valence electrons. The summed E-state index contributed by atoms with van der Waals surface area (Å²) in [6.45, 7) is 6.02. The zero-order chi connectivity index (χ0) is 13.9. The van der Waals surface area contributed by atoms with E-state index in [9.17, 15) is 4.79 Å². The van der Waals surface area contributed by atoms with Crippen molar-refractivity contribution in [3.05, 3.63) is 24.3 Å². The van der Waals surface area contributed by atoms with Crippen molar-refractivity contribution in [2.24, 2.45) is 0 Å². The topological polar surface area (TPSA) is 35.6 Å². The van der Waals surface area contributed by atoms with E-state index in [1.807, 2.05) is 11.8 Å². The molecule has 1 aromatic rings. The lowest BCUT2D eigenvalue weighted by atomic mass is 10.2. The molecule has 2 saturated heterocycles. The number of nitrogens with zero attached hydrogens (tertiary/aromatic N) is 2.